The van der Waals surface area contributed by atoms with Crippen LogP contribution in [0.4, 0.5) is 4.39 Å². The summed E-state index contributed by atoms with van der Waals surface area (Å²) in [6, 6.07) is 4.05. The van der Waals surface area contributed by atoms with E-state index in [1.54, 1.807) is 19.1 Å². The van der Waals surface area contributed by atoms with Gasteiger partial charge in [-0.05, 0) is 47.0 Å². The number of hydrogen-bond acceptors (Lipinski definition) is 3. The minimum atomic E-state index is -3.15. The van der Waals surface area contributed by atoms with Crippen LogP contribution in [-0.4, -0.2) is 26.0 Å². The zero-order chi connectivity index (χ0) is 13.2. The minimum Gasteiger partial charge on any atom is -0.326 e. The molecule has 0 heterocycles. The molecule has 1 rings (SSSR count). The van der Waals surface area contributed by atoms with Gasteiger partial charge in [0.15, 0.2) is 9.84 Å². The smallest absolute Gasteiger partial charge is 0.151 e. The Morgan fingerprint density at radius 3 is 2.53 bits per heavy atom. The summed E-state index contributed by atoms with van der Waals surface area (Å²) >= 11 is 3.08. The highest BCUT2D eigenvalue weighted by Gasteiger charge is 2.22. The first kappa shape index (κ1) is 14.6. The number of benzene rings is 1. The highest BCUT2D eigenvalue weighted by atomic mass is 79.9. The van der Waals surface area contributed by atoms with Gasteiger partial charge in [0.1, 0.15) is 5.82 Å². The van der Waals surface area contributed by atoms with Gasteiger partial charge in [-0.3, -0.25) is 0 Å². The zero-order valence-corrected chi connectivity index (χ0v) is 12.1. The van der Waals surface area contributed by atoms with Crippen LogP contribution in [-0.2, 0) is 16.3 Å². The van der Waals surface area contributed by atoms with Crippen LogP contribution in [0.5, 0.6) is 0 Å². The molecule has 2 N–H and O–H groups in total. The van der Waals surface area contributed by atoms with Crippen LogP contribution in [0.3, 0.4) is 0 Å². The van der Waals surface area contributed by atoms with Crippen molar-refractivity contribution >= 4 is 25.8 Å². The van der Waals surface area contributed by atoms with Crippen molar-refractivity contribution in [2.24, 2.45) is 5.73 Å². The molecule has 0 aliphatic heterocycles. The first-order valence-corrected chi connectivity index (χ1v) is 7.85. The largest absolute Gasteiger partial charge is 0.326 e. The van der Waals surface area contributed by atoms with Gasteiger partial charge in [0.2, 0.25) is 0 Å². The van der Waals surface area contributed by atoms with Crippen molar-refractivity contribution in [3.05, 3.63) is 34.1 Å². The van der Waals surface area contributed by atoms with E-state index in [0.29, 0.717) is 10.9 Å². The Morgan fingerprint density at radius 2 is 2.06 bits per heavy atom. The van der Waals surface area contributed by atoms with Crippen LogP contribution in [0.2, 0.25) is 0 Å². The average molecular weight is 324 g/mol. The van der Waals surface area contributed by atoms with Crippen molar-refractivity contribution in [3.8, 4) is 0 Å². The number of hydrogen-bond donors (Lipinski definition) is 1. The lowest BCUT2D eigenvalue weighted by molar-refractivity contribution is 0.561. The van der Waals surface area contributed by atoms with E-state index in [2.05, 4.69) is 15.9 Å². The molecule has 0 aliphatic rings. The van der Waals surface area contributed by atoms with E-state index in [1.807, 2.05) is 0 Å². The van der Waals surface area contributed by atoms with Crippen LogP contribution >= 0.6 is 15.9 Å². The van der Waals surface area contributed by atoms with Crippen LogP contribution in [0.15, 0.2) is 22.7 Å². The molecule has 1 aromatic carbocycles. The summed E-state index contributed by atoms with van der Waals surface area (Å²) in [4.78, 5) is 0. The van der Waals surface area contributed by atoms with Gasteiger partial charge in [0.05, 0.1) is 9.72 Å². The van der Waals surface area contributed by atoms with Gasteiger partial charge in [-0.25, -0.2) is 12.8 Å². The van der Waals surface area contributed by atoms with Crippen molar-refractivity contribution in [1.29, 1.82) is 0 Å². The van der Waals surface area contributed by atoms with E-state index in [9.17, 15) is 12.8 Å². The maximum Gasteiger partial charge on any atom is 0.151 e. The van der Waals surface area contributed by atoms with Gasteiger partial charge in [0, 0.05) is 12.3 Å². The third-order valence-electron chi connectivity index (χ3n) is 2.73. The SMILES string of the molecule is CC(C(N)Cc1ccc(F)c(Br)c1)S(C)(=O)=O. The van der Waals surface area contributed by atoms with E-state index < -0.39 is 21.1 Å². The highest BCUT2D eigenvalue weighted by molar-refractivity contribution is 9.10. The van der Waals surface area contributed by atoms with Crippen molar-refractivity contribution < 1.29 is 12.8 Å². The predicted molar refractivity (Wildman–Crippen MR) is 70.1 cm³/mol. The number of nitrogens with two attached hydrogens (primary N) is 1. The van der Waals surface area contributed by atoms with Gasteiger partial charge < -0.3 is 5.73 Å². The Balaban J connectivity index is 2.81. The number of rotatable bonds is 4. The fraction of sp³-hybridized carbons (Fsp3) is 0.455. The molecule has 2 atom stereocenters. The second kappa shape index (κ2) is 5.46. The summed E-state index contributed by atoms with van der Waals surface area (Å²) in [6.07, 6.45) is 1.56. The monoisotopic (exact) mass is 323 g/mol. The molecular formula is C11H15BrFNO2S. The Bertz CT molecular complexity index is 504. The molecule has 0 saturated heterocycles. The molecule has 0 amide bonds. The zero-order valence-electron chi connectivity index (χ0n) is 9.65. The maximum absolute atomic E-state index is 13.0. The molecule has 1 aromatic rings. The van der Waals surface area contributed by atoms with E-state index >= 15 is 0 Å². The molecule has 2 unspecified atom stereocenters. The van der Waals surface area contributed by atoms with E-state index in [1.165, 1.54) is 6.07 Å². The highest BCUT2D eigenvalue weighted by Crippen LogP contribution is 2.18. The van der Waals surface area contributed by atoms with Crippen molar-refractivity contribution in [2.45, 2.75) is 24.6 Å². The maximum atomic E-state index is 13.0. The molecule has 0 aromatic heterocycles. The first-order valence-electron chi connectivity index (χ1n) is 5.10. The van der Waals surface area contributed by atoms with E-state index in [-0.39, 0.29) is 5.82 Å². The number of halogens is 2. The Labute approximate surface area is 109 Å². The molecule has 0 aliphatic carbocycles. The summed E-state index contributed by atoms with van der Waals surface area (Å²) in [5.41, 5.74) is 6.64. The predicted octanol–water partition coefficient (Wildman–Crippen LogP) is 1.89. The van der Waals surface area contributed by atoms with Gasteiger partial charge in [-0.2, -0.15) is 0 Å². The van der Waals surface area contributed by atoms with Gasteiger partial charge >= 0.3 is 0 Å². The van der Waals surface area contributed by atoms with Crippen LogP contribution in [0, 0.1) is 5.82 Å². The quantitative estimate of drug-likeness (QED) is 0.920. The molecule has 3 nitrogen and oxygen atoms in total. The molecule has 96 valence electrons. The Hall–Kier alpha value is -0.460. The van der Waals surface area contributed by atoms with Crippen LogP contribution in [0.25, 0.3) is 0 Å². The van der Waals surface area contributed by atoms with Gasteiger partial charge in [-0.15, -0.1) is 0 Å². The summed E-state index contributed by atoms with van der Waals surface area (Å²) in [5.74, 6) is -0.349. The second-order valence-corrected chi connectivity index (χ2v) is 7.41. The third kappa shape index (κ3) is 4.04. The molecular weight excluding hydrogens is 309 g/mol. The fourth-order valence-electron chi connectivity index (χ4n) is 1.42. The lowest BCUT2D eigenvalue weighted by Gasteiger charge is -2.18. The fourth-order valence-corrected chi connectivity index (χ4v) is 2.58. The third-order valence-corrected chi connectivity index (χ3v) is 5.04. The molecule has 0 saturated carbocycles. The molecule has 6 heteroatoms. The van der Waals surface area contributed by atoms with E-state index in [4.69, 9.17) is 5.73 Å². The molecule has 0 spiro atoms. The normalized spacial score (nSPS) is 15.6. The summed E-state index contributed by atoms with van der Waals surface area (Å²) in [6.45, 7) is 1.58. The molecule has 0 radical (unpaired) electrons. The van der Waals surface area contributed by atoms with Crippen LogP contribution < -0.4 is 5.73 Å². The van der Waals surface area contributed by atoms with Crippen molar-refractivity contribution in [2.75, 3.05) is 6.26 Å². The summed E-state index contributed by atoms with van der Waals surface area (Å²) < 4.78 is 36.0. The lowest BCUT2D eigenvalue weighted by atomic mass is 10.0. The summed E-state index contributed by atoms with van der Waals surface area (Å²) in [7, 11) is -3.15. The lowest BCUT2D eigenvalue weighted by Crippen LogP contribution is -2.39. The van der Waals surface area contributed by atoms with Crippen LogP contribution in [0.1, 0.15) is 12.5 Å². The molecule has 0 fully saturated rings. The molecule has 17 heavy (non-hydrogen) atoms. The van der Waals surface area contributed by atoms with Gasteiger partial charge in [0.25, 0.3) is 0 Å². The van der Waals surface area contributed by atoms with E-state index in [0.717, 1.165) is 11.8 Å². The molecule has 0 bridgehead atoms. The van der Waals surface area contributed by atoms with Gasteiger partial charge in [-0.1, -0.05) is 6.07 Å². The summed E-state index contributed by atoms with van der Waals surface area (Å²) in [5, 5.41) is -0.619. The minimum absolute atomic E-state index is 0.349. The topological polar surface area (TPSA) is 60.2 Å². The number of sulfone groups is 1. The first-order chi connectivity index (χ1) is 7.71. The Morgan fingerprint density at radius 1 is 1.47 bits per heavy atom. The average Bonchev–Trinajstić information content (AvgIpc) is 2.21. The Kier molecular flexibility index (Phi) is 4.69. The van der Waals surface area contributed by atoms with Crippen molar-refractivity contribution in [3.63, 3.8) is 0 Å². The standard InChI is InChI=1S/C11H15BrFNO2S/c1-7(17(2,15)16)11(14)6-8-3-4-10(13)9(12)5-8/h3-5,7,11H,6,14H2,1-2H3. The second-order valence-electron chi connectivity index (χ2n) is 4.15. The van der Waals surface area contributed by atoms with Crippen molar-refractivity contribution in [1.82, 2.24) is 0 Å².